The van der Waals surface area contributed by atoms with Crippen molar-refractivity contribution in [1.29, 1.82) is 0 Å². The minimum absolute atomic E-state index is 0.293. The third kappa shape index (κ3) is 1.45. The number of fused-ring (bicyclic) bond motifs is 1. The van der Waals surface area contributed by atoms with Crippen LogP contribution in [0.15, 0.2) is 30.5 Å². The van der Waals surface area contributed by atoms with Crippen LogP contribution in [0.3, 0.4) is 0 Å². The summed E-state index contributed by atoms with van der Waals surface area (Å²) in [6, 6.07) is 8.69. The van der Waals surface area contributed by atoms with Crippen molar-refractivity contribution in [3.63, 3.8) is 0 Å². The molecule has 72 valence electrons. The molecule has 2 heteroatoms. The van der Waals surface area contributed by atoms with E-state index < -0.39 is 0 Å². The zero-order valence-electron chi connectivity index (χ0n) is 8.23. The van der Waals surface area contributed by atoms with Gasteiger partial charge in [0.1, 0.15) is 5.94 Å². The van der Waals surface area contributed by atoms with Crippen molar-refractivity contribution in [3.05, 3.63) is 41.6 Å². The first-order valence-electron chi connectivity index (χ1n) is 4.87. The molecule has 14 heavy (non-hydrogen) atoms. The van der Waals surface area contributed by atoms with Gasteiger partial charge in [0.25, 0.3) is 0 Å². The van der Waals surface area contributed by atoms with Gasteiger partial charge in [0.2, 0.25) is 0 Å². The molecule has 0 bridgehead atoms. The number of hydrogen-bond acceptors (Lipinski definition) is 2. The molecule has 0 amide bonds. The van der Waals surface area contributed by atoms with Crippen LogP contribution < -0.4 is 0 Å². The lowest BCUT2D eigenvalue weighted by molar-refractivity contribution is 0.284. The molecular weight excluding hydrogens is 174 g/mol. The molecular formula is C12H13NO. The fraction of sp³-hybridized carbons (Fsp3) is 0.333. The highest BCUT2D eigenvalue weighted by atomic mass is 16.1. The first kappa shape index (κ1) is 9.04. The Hall–Kier alpha value is -1.53. The fourth-order valence-electron chi connectivity index (χ4n) is 2.04. The van der Waals surface area contributed by atoms with Gasteiger partial charge in [-0.3, -0.25) is 0 Å². The predicted octanol–water partition coefficient (Wildman–Crippen LogP) is 1.95. The van der Waals surface area contributed by atoms with Crippen LogP contribution in [-0.2, 0) is 11.2 Å². The van der Waals surface area contributed by atoms with Crippen LogP contribution in [-0.4, -0.2) is 17.4 Å². The van der Waals surface area contributed by atoms with Crippen LogP contribution in [0.5, 0.6) is 0 Å². The molecule has 1 aromatic carbocycles. The lowest BCUT2D eigenvalue weighted by Gasteiger charge is -2.33. The molecule has 0 saturated heterocycles. The first-order chi connectivity index (χ1) is 6.83. The molecule has 0 saturated carbocycles. The van der Waals surface area contributed by atoms with E-state index in [1.165, 1.54) is 17.3 Å². The molecule has 0 fully saturated rings. The van der Waals surface area contributed by atoms with Gasteiger partial charge in [0.15, 0.2) is 0 Å². The summed E-state index contributed by atoms with van der Waals surface area (Å²) in [6.45, 7) is 3.03. The topological polar surface area (TPSA) is 20.3 Å². The Balaban J connectivity index is 2.35. The lowest BCUT2D eigenvalue weighted by atomic mass is 9.94. The molecule has 0 N–H and O–H groups in total. The molecule has 1 aliphatic rings. The van der Waals surface area contributed by atoms with E-state index in [0.717, 1.165) is 13.0 Å². The van der Waals surface area contributed by atoms with Gasteiger partial charge in [0.05, 0.1) is 12.2 Å². The zero-order valence-corrected chi connectivity index (χ0v) is 8.23. The van der Waals surface area contributed by atoms with Crippen molar-refractivity contribution >= 4 is 5.94 Å². The Bertz CT molecular complexity index is 380. The van der Waals surface area contributed by atoms with Gasteiger partial charge >= 0.3 is 0 Å². The summed E-state index contributed by atoms with van der Waals surface area (Å²) in [4.78, 5) is 12.3. The Kier molecular flexibility index (Phi) is 2.38. The van der Waals surface area contributed by atoms with Crippen molar-refractivity contribution in [2.24, 2.45) is 0 Å². The quantitative estimate of drug-likeness (QED) is 0.626. The molecule has 1 unspecified atom stereocenters. The summed E-state index contributed by atoms with van der Waals surface area (Å²) >= 11 is 0. The summed E-state index contributed by atoms with van der Waals surface area (Å²) in [5.74, 6) is 1.85. The summed E-state index contributed by atoms with van der Waals surface area (Å²) in [6.07, 6.45) is 2.53. The Morgan fingerprint density at radius 3 is 3.07 bits per heavy atom. The fourth-order valence-corrected chi connectivity index (χ4v) is 2.04. The van der Waals surface area contributed by atoms with Gasteiger partial charge in [-0.05, 0) is 24.5 Å². The average Bonchev–Trinajstić information content (AvgIpc) is 2.23. The maximum absolute atomic E-state index is 10.3. The van der Waals surface area contributed by atoms with Crippen molar-refractivity contribution in [2.45, 2.75) is 19.4 Å². The molecule has 0 spiro atoms. The highest BCUT2D eigenvalue weighted by molar-refractivity contribution is 5.45. The second-order valence-electron chi connectivity index (χ2n) is 3.61. The smallest absolute Gasteiger partial charge is 0.142 e. The van der Waals surface area contributed by atoms with Gasteiger partial charge in [-0.25, -0.2) is 4.79 Å². The summed E-state index contributed by atoms with van der Waals surface area (Å²) in [5.41, 5.74) is 2.72. The van der Waals surface area contributed by atoms with Crippen LogP contribution in [0.25, 0.3) is 0 Å². The maximum Gasteiger partial charge on any atom is 0.142 e. The van der Waals surface area contributed by atoms with Gasteiger partial charge in [0, 0.05) is 6.54 Å². The summed E-state index contributed by atoms with van der Waals surface area (Å²) in [7, 11) is 0. The number of nitrogens with zero attached hydrogens (tertiary/aromatic N) is 1. The van der Waals surface area contributed by atoms with Gasteiger partial charge in [-0.2, -0.15) is 0 Å². The van der Waals surface area contributed by atoms with Crippen LogP contribution in [0.1, 0.15) is 24.1 Å². The second kappa shape index (κ2) is 3.69. The zero-order chi connectivity index (χ0) is 9.97. The monoisotopic (exact) mass is 187 g/mol. The van der Waals surface area contributed by atoms with E-state index in [0.29, 0.717) is 6.04 Å². The van der Waals surface area contributed by atoms with E-state index in [-0.39, 0.29) is 0 Å². The normalized spacial score (nSPS) is 19.8. The summed E-state index contributed by atoms with van der Waals surface area (Å²) in [5, 5.41) is 0. The number of rotatable bonds is 1. The van der Waals surface area contributed by atoms with Crippen molar-refractivity contribution in [1.82, 2.24) is 4.90 Å². The van der Waals surface area contributed by atoms with E-state index in [4.69, 9.17) is 0 Å². The lowest BCUT2D eigenvalue weighted by Crippen LogP contribution is -2.29. The number of hydrogen-bond donors (Lipinski definition) is 0. The Morgan fingerprint density at radius 1 is 1.50 bits per heavy atom. The number of benzene rings is 1. The van der Waals surface area contributed by atoms with Crippen LogP contribution >= 0.6 is 0 Å². The van der Waals surface area contributed by atoms with E-state index in [1.54, 1.807) is 0 Å². The van der Waals surface area contributed by atoms with Crippen LogP contribution in [0, 0.1) is 0 Å². The minimum atomic E-state index is 0.293. The highest BCUT2D eigenvalue weighted by Crippen LogP contribution is 2.28. The Labute approximate surface area is 83.8 Å². The molecule has 0 aliphatic carbocycles. The molecule has 0 aromatic heterocycles. The van der Waals surface area contributed by atoms with E-state index in [2.05, 4.69) is 25.1 Å². The van der Waals surface area contributed by atoms with Gasteiger partial charge in [-0.1, -0.05) is 24.3 Å². The van der Waals surface area contributed by atoms with Gasteiger partial charge < -0.3 is 4.90 Å². The minimum Gasteiger partial charge on any atom is -0.361 e. The largest absolute Gasteiger partial charge is 0.361 e. The molecule has 1 atom stereocenters. The average molecular weight is 187 g/mol. The maximum atomic E-state index is 10.3. The van der Waals surface area contributed by atoms with Crippen LogP contribution in [0.4, 0.5) is 0 Å². The standard InChI is InChI=1S/C12H13NO/c1-10-12-5-3-2-4-11(12)6-7-13(10)8-9-14/h2-5,8,10H,6-7H2,1H3. The molecule has 0 radical (unpaired) electrons. The molecule has 1 heterocycles. The summed E-state index contributed by atoms with van der Waals surface area (Å²) < 4.78 is 0. The number of carbonyl (C=O) groups excluding carboxylic acids is 1. The van der Waals surface area contributed by atoms with Crippen molar-refractivity contribution < 1.29 is 4.79 Å². The Morgan fingerprint density at radius 2 is 2.29 bits per heavy atom. The first-order valence-corrected chi connectivity index (χ1v) is 4.87. The van der Waals surface area contributed by atoms with Crippen molar-refractivity contribution in [3.8, 4) is 0 Å². The van der Waals surface area contributed by atoms with E-state index >= 15 is 0 Å². The third-order valence-corrected chi connectivity index (χ3v) is 2.86. The van der Waals surface area contributed by atoms with Crippen LogP contribution in [0.2, 0.25) is 0 Å². The SMILES string of the molecule is CC1c2ccccc2CCN1C=C=O. The van der Waals surface area contributed by atoms with E-state index in [1.807, 2.05) is 16.9 Å². The van der Waals surface area contributed by atoms with E-state index in [9.17, 15) is 4.79 Å². The molecule has 1 aromatic rings. The molecule has 2 rings (SSSR count). The molecule has 2 nitrogen and oxygen atoms in total. The van der Waals surface area contributed by atoms with Gasteiger partial charge in [-0.15, -0.1) is 0 Å². The highest BCUT2D eigenvalue weighted by Gasteiger charge is 2.20. The third-order valence-electron chi connectivity index (χ3n) is 2.86. The molecule has 1 aliphatic heterocycles. The van der Waals surface area contributed by atoms with Crippen molar-refractivity contribution in [2.75, 3.05) is 6.54 Å². The second-order valence-corrected chi connectivity index (χ2v) is 3.61. The predicted molar refractivity (Wildman–Crippen MR) is 55.5 cm³/mol.